The first-order valence-electron chi connectivity index (χ1n) is 6.51. The molecule has 1 nitrogen and oxygen atoms in total. The van der Waals surface area contributed by atoms with Crippen LogP contribution < -0.4 is 0 Å². The lowest BCUT2D eigenvalue weighted by Crippen LogP contribution is -2.37. The van der Waals surface area contributed by atoms with E-state index in [1.54, 1.807) is 11.1 Å². The van der Waals surface area contributed by atoms with Crippen LogP contribution in [-0.2, 0) is 4.79 Å². The summed E-state index contributed by atoms with van der Waals surface area (Å²) in [6.45, 7) is 2.31. The van der Waals surface area contributed by atoms with Crippen molar-refractivity contribution in [2.45, 2.75) is 51.9 Å². The minimum Gasteiger partial charge on any atom is -0.299 e. The molecule has 0 amide bonds. The number of carbonyl (C=O) groups is 1. The molecule has 1 fully saturated rings. The number of hydrogen-bond donors (Lipinski definition) is 0. The van der Waals surface area contributed by atoms with Gasteiger partial charge in [-0.2, -0.15) is 0 Å². The summed E-state index contributed by atoms with van der Waals surface area (Å²) in [4.78, 5) is 12.0. The molecule has 3 rings (SSSR count). The molecule has 15 heavy (non-hydrogen) atoms. The van der Waals surface area contributed by atoms with Gasteiger partial charge in [-0.05, 0) is 50.4 Å². The maximum absolute atomic E-state index is 12.0. The molecule has 82 valence electrons. The SMILES string of the molecule is C[C@@H]1C2=C(CCC2)CC2CCCC(=O)C21. The number of carbonyl (C=O) groups excluding carboxylic acids is 1. The van der Waals surface area contributed by atoms with E-state index in [1.165, 1.54) is 32.1 Å². The largest absolute Gasteiger partial charge is 0.299 e. The van der Waals surface area contributed by atoms with Crippen molar-refractivity contribution in [3.63, 3.8) is 0 Å². The fourth-order valence-electron chi connectivity index (χ4n) is 4.21. The van der Waals surface area contributed by atoms with E-state index in [0.29, 0.717) is 23.5 Å². The van der Waals surface area contributed by atoms with Crippen LogP contribution in [0.25, 0.3) is 0 Å². The Kier molecular flexibility index (Phi) is 2.22. The van der Waals surface area contributed by atoms with Crippen molar-refractivity contribution in [3.05, 3.63) is 11.1 Å². The van der Waals surface area contributed by atoms with Gasteiger partial charge in [-0.3, -0.25) is 4.79 Å². The number of rotatable bonds is 0. The zero-order valence-corrected chi connectivity index (χ0v) is 9.59. The van der Waals surface area contributed by atoms with E-state index in [0.717, 1.165) is 12.8 Å². The van der Waals surface area contributed by atoms with Crippen molar-refractivity contribution >= 4 is 5.78 Å². The Labute approximate surface area is 91.9 Å². The van der Waals surface area contributed by atoms with Crippen molar-refractivity contribution < 1.29 is 4.79 Å². The van der Waals surface area contributed by atoms with Crippen LogP contribution in [0.15, 0.2) is 11.1 Å². The predicted molar refractivity (Wildman–Crippen MR) is 60.5 cm³/mol. The molecule has 0 N–H and O–H groups in total. The lowest BCUT2D eigenvalue weighted by Gasteiger charge is -2.40. The molecule has 0 aromatic carbocycles. The van der Waals surface area contributed by atoms with Crippen molar-refractivity contribution in [3.8, 4) is 0 Å². The molecular formula is C14H20O. The van der Waals surface area contributed by atoms with Gasteiger partial charge in [0.1, 0.15) is 5.78 Å². The molecule has 3 aliphatic carbocycles. The highest BCUT2D eigenvalue weighted by Gasteiger charge is 2.42. The Morgan fingerprint density at radius 1 is 1.13 bits per heavy atom. The molecule has 1 heteroatoms. The summed E-state index contributed by atoms with van der Waals surface area (Å²) < 4.78 is 0. The second kappa shape index (κ2) is 3.47. The van der Waals surface area contributed by atoms with Crippen LogP contribution in [0.3, 0.4) is 0 Å². The van der Waals surface area contributed by atoms with Crippen LogP contribution in [0.1, 0.15) is 51.9 Å². The van der Waals surface area contributed by atoms with Crippen molar-refractivity contribution in [1.82, 2.24) is 0 Å². The smallest absolute Gasteiger partial charge is 0.136 e. The molecule has 0 aromatic rings. The predicted octanol–water partition coefficient (Wildman–Crippen LogP) is 3.49. The molecule has 2 unspecified atom stereocenters. The highest BCUT2D eigenvalue weighted by molar-refractivity contribution is 5.83. The van der Waals surface area contributed by atoms with Gasteiger partial charge in [0.25, 0.3) is 0 Å². The third kappa shape index (κ3) is 1.39. The average Bonchev–Trinajstić information content (AvgIpc) is 2.66. The summed E-state index contributed by atoms with van der Waals surface area (Å²) in [7, 11) is 0. The van der Waals surface area contributed by atoms with Gasteiger partial charge in [0.05, 0.1) is 0 Å². The quantitative estimate of drug-likeness (QED) is 0.552. The van der Waals surface area contributed by atoms with E-state index in [9.17, 15) is 4.79 Å². The summed E-state index contributed by atoms with van der Waals surface area (Å²) in [5.74, 6) is 2.25. The molecular weight excluding hydrogens is 184 g/mol. The lowest BCUT2D eigenvalue weighted by atomic mass is 9.64. The minimum atomic E-state index is 0.399. The highest BCUT2D eigenvalue weighted by atomic mass is 16.1. The maximum atomic E-state index is 12.0. The van der Waals surface area contributed by atoms with Gasteiger partial charge in [-0.1, -0.05) is 18.1 Å². The van der Waals surface area contributed by atoms with Crippen LogP contribution >= 0.6 is 0 Å². The standard InChI is InChI=1S/C14H20O/c1-9-12-6-2-4-10(12)8-11-5-3-7-13(15)14(9)11/h9,11,14H,2-8H2,1H3/t9-,11?,14?/m1/s1. The van der Waals surface area contributed by atoms with Crippen molar-refractivity contribution in [2.75, 3.05) is 0 Å². The minimum absolute atomic E-state index is 0.399. The average molecular weight is 204 g/mol. The maximum Gasteiger partial charge on any atom is 0.136 e. The number of Topliss-reactive ketones (excluding diaryl/α,β-unsaturated/α-hetero) is 1. The normalized spacial score (nSPS) is 40.3. The zero-order valence-electron chi connectivity index (χ0n) is 9.59. The molecule has 0 heterocycles. The van der Waals surface area contributed by atoms with Crippen LogP contribution in [0.5, 0.6) is 0 Å². The second-order valence-corrected chi connectivity index (χ2v) is 5.62. The Morgan fingerprint density at radius 3 is 2.87 bits per heavy atom. The number of allylic oxidation sites excluding steroid dienone is 2. The lowest BCUT2D eigenvalue weighted by molar-refractivity contribution is -0.128. The molecule has 0 spiro atoms. The summed E-state index contributed by atoms with van der Waals surface area (Å²) in [5.41, 5.74) is 3.41. The van der Waals surface area contributed by atoms with Crippen LogP contribution in [-0.4, -0.2) is 5.78 Å². The van der Waals surface area contributed by atoms with E-state index in [4.69, 9.17) is 0 Å². The Balaban J connectivity index is 1.94. The van der Waals surface area contributed by atoms with Crippen molar-refractivity contribution in [1.29, 1.82) is 0 Å². The monoisotopic (exact) mass is 204 g/mol. The van der Waals surface area contributed by atoms with Crippen LogP contribution in [0.4, 0.5) is 0 Å². The summed E-state index contributed by atoms with van der Waals surface area (Å²) in [5, 5.41) is 0. The molecule has 0 aliphatic heterocycles. The van der Waals surface area contributed by atoms with Gasteiger partial charge in [0, 0.05) is 12.3 Å². The van der Waals surface area contributed by atoms with E-state index in [2.05, 4.69) is 6.92 Å². The van der Waals surface area contributed by atoms with E-state index in [1.807, 2.05) is 0 Å². The number of hydrogen-bond acceptors (Lipinski definition) is 1. The van der Waals surface area contributed by atoms with Gasteiger partial charge in [0.15, 0.2) is 0 Å². The third-order valence-corrected chi connectivity index (χ3v) is 4.85. The van der Waals surface area contributed by atoms with Crippen molar-refractivity contribution in [2.24, 2.45) is 17.8 Å². The third-order valence-electron chi connectivity index (χ3n) is 4.85. The van der Waals surface area contributed by atoms with Gasteiger partial charge in [-0.25, -0.2) is 0 Å². The fraction of sp³-hybridized carbons (Fsp3) is 0.786. The number of fused-ring (bicyclic) bond motifs is 1. The fourth-order valence-corrected chi connectivity index (χ4v) is 4.21. The molecule has 0 saturated heterocycles. The Bertz CT molecular complexity index is 326. The van der Waals surface area contributed by atoms with Gasteiger partial charge >= 0.3 is 0 Å². The van der Waals surface area contributed by atoms with Gasteiger partial charge in [-0.15, -0.1) is 0 Å². The summed E-state index contributed by atoms with van der Waals surface area (Å²) >= 11 is 0. The topological polar surface area (TPSA) is 17.1 Å². The van der Waals surface area contributed by atoms with Crippen LogP contribution in [0, 0.1) is 17.8 Å². The zero-order chi connectivity index (χ0) is 10.4. The summed E-state index contributed by atoms with van der Waals surface area (Å²) in [6.07, 6.45) is 8.53. The van der Waals surface area contributed by atoms with Crippen LogP contribution in [0.2, 0.25) is 0 Å². The molecule has 3 aliphatic rings. The van der Waals surface area contributed by atoms with Gasteiger partial charge < -0.3 is 0 Å². The summed E-state index contributed by atoms with van der Waals surface area (Å²) in [6, 6.07) is 0. The number of ketones is 1. The molecule has 1 saturated carbocycles. The first-order chi connectivity index (χ1) is 7.27. The molecule has 0 aromatic heterocycles. The first kappa shape index (κ1) is 9.62. The second-order valence-electron chi connectivity index (χ2n) is 5.62. The Hall–Kier alpha value is -0.590. The van der Waals surface area contributed by atoms with Gasteiger partial charge in [0.2, 0.25) is 0 Å². The Morgan fingerprint density at radius 2 is 2.00 bits per heavy atom. The first-order valence-corrected chi connectivity index (χ1v) is 6.51. The van der Waals surface area contributed by atoms with E-state index in [-0.39, 0.29) is 0 Å². The molecule has 0 bridgehead atoms. The molecule has 3 atom stereocenters. The van der Waals surface area contributed by atoms with E-state index >= 15 is 0 Å². The highest BCUT2D eigenvalue weighted by Crippen LogP contribution is 2.49. The molecule has 0 radical (unpaired) electrons. The van der Waals surface area contributed by atoms with E-state index < -0.39 is 0 Å².